The highest BCUT2D eigenvalue weighted by atomic mass is 32.1. The largest absolute Gasteiger partial charge is 0.351 e. The van der Waals surface area contributed by atoms with Gasteiger partial charge in [-0.15, -0.1) is 11.3 Å². The van der Waals surface area contributed by atoms with Crippen LogP contribution in [0.1, 0.15) is 50.5 Å². The molecule has 106 valence electrons. The molecule has 1 rings (SSSR count). The first-order valence-corrected chi connectivity index (χ1v) is 7.44. The van der Waals surface area contributed by atoms with Crippen LogP contribution in [-0.2, 0) is 4.79 Å². The van der Waals surface area contributed by atoms with Gasteiger partial charge in [0.1, 0.15) is 5.69 Å². The first kappa shape index (κ1) is 15.6. The molecule has 0 saturated heterocycles. The van der Waals surface area contributed by atoms with E-state index in [-0.39, 0.29) is 11.8 Å². The third kappa shape index (κ3) is 5.83. The monoisotopic (exact) mass is 283 g/mol. The highest BCUT2D eigenvalue weighted by molar-refractivity contribution is 7.14. The lowest BCUT2D eigenvalue weighted by Gasteiger charge is -2.03. The van der Waals surface area contributed by atoms with Gasteiger partial charge < -0.3 is 10.6 Å². The van der Waals surface area contributed by atoms with Crippen LogP contribution >= 0.6 is 11.3 Å². The molecule has 0 atom stereocenters. The van der Waals surface area contributed by atoms with Crippen LogP contribution in [0.2, 0.25) is 0 Å². The van der Waals surface area contributed by atoms with Gasteiger partial charge in [-0.2, -0.15) is 0 Å². The minimum Gasteiger partial charge on any atom is -0.351 e. The normalized spacial score (nSPS) is 10.5. The Balaban J connectivity index is 2.47. The maximum atomic E-state index is 11.7. The Morgan fingerprint density at radius 2 is 2.16 bits per heavy atom. The first-order chi connectivity index (χ1) is 9.02. The number of amides is 2. The molecule has 0 unspecified atom stereocenters. The standard InChI is InChI=1S/C13H21N3O2S/c1-4-5-6-14-12(18)10-8-19-13(15-10)16-11(17)7-9(2)3/h8-9H,4-7H2,1-3H3,(H,14,18)(H,15,16,17). The Labute approximate surface area is 117 Å². The predicted molar refractivity (Wildman–Crippen MR) is 77.4 cm³/mol. The number of nitrogens with zero attached hydrogens (tertiary/aromatic N) is 1. The van der Waals surface area contributed by atoms with E-state index in [1.807, 2.05) is 13.8 Å². The van der Waals surface area contributed by atoms with Crippen LogP contribution in [0, 0.1) is 5.92 Å². The molecule has 2 N–H and O–H groups in total. The number of anilines is 1. The van der Waals surface area contributed by atoms with Crippen molar-refractivity contribution in [1.82, 2.24) is 10.3 Å². The summed E-state index contributed by atoms with van der Waals surface area (Å²) in [5.41, 5.74) is 0.362. The molecule has 0 aliphatic carbocycles. The molecule has 0 aliphatic heterocycles. The molecule has 2 amide bonds. The van der Waals surface area contributed by atoms with Gasteiger partial charge in [0.15, 0.2) is 5.13 Å². The third-order valence-electron chi connectivity index (χ3n) is 2.39. The fraction of sp³-hybridized carbons (Fsp3) is 0.615. The van der Waals surface area contributed by atoms with Crippen LogP contribution in [0.25, 0.3) is 0 Å². The van der Waals surface area contributed by atoms with E-state index >= 15 is 0 Å². The van der Waals surface area contributed by atoms with Gasteiger partial charge >= 0.3 is 0 Å². The SMILES string of the molecule is CCCCNC(=O)c1csc(NC(=O)CC(C)C)n1. The quantitative estimate of drug-likeness (QED) is 0.756. The van der Waals surface area contributed by atoms with Crippen molar-refractivity contribution < 1.29 is 9.59 Å². The summed E-state index contributed by atoms with van der Waals surface area (Å²) in [5.74, 6) is 0.0492. The highest BCUT2D eigenvalue weighted by Crippen LogP contribution is 2.16. The average molecular weight is 283 g/mol. The van der Waals surface area contributed by atoms with E-state index < -0.39 is 0 Å². The van der Waals surface area contributed by atoms with Crippen LogP contribution in [0.5, 0.6) is 0 Å². The van der Waals surface area contributed by atoms with Crippen molar-refractivity contribution in [2.24, 2.45) is 5.92 Å². The zero-order valence-electron chi connectivity index (χ0n) is 11.7. The molecular weight excluding hydrogens is 262 g/mol. The second kappa shape index (κ2) is 7.89. The molecule has 5 nitrogen and oxygen atoms in total. The number of carbonyl (C=O) groups is 2. The summed E-state index contributed by atoms with van der Waals surface area (Å²) >= 11 is 1.27. The van der Waals surface area contributed by atoms with E-state index in [0.717, 1.165) is 12.8 Å². The van der Waals surface area contributed by atoms with Crippen LogP contribution in [-0.4, -0.2) is 23.3 Å². The Bertz CT molecular complexity index is 429. The minimum atomic E-state index is -0.186. The number of nitrogens with one attached hydrogen (secondary N) is 2. The number of hydrogen-bond acceptors (Lipinski definition) is 4. The van der Waals surface area contributed by atoms with Crippen LogP contribution in [0.3, 0.4) is 0 Å². The number of hydrogen-bond donors (Lipinski definition) is 2. The van der Waals surface area contributed by atoms with Crippen LogP contribution < -0.4 is 10.6 Å². The summed E-state index contributed by atoms with van der Waals surface area (Å²) in [5, 5.41) is 7.63. The van der Waals surface area contributed by atoms with E-state index in [1.165, 1.54) is 11.3 Å². The van der Waals surface area contributed by atoms with Crippen molar-refractivity contribution in [2.75, 3.05) is 11.9 Å². The molecular formula is C13H21N3O2S. The Hall–Kier alpha value is -1.43. The van der Waals surface area contributed by atoms with E-state index in [1.54, 1.807) is 5.38 Å². The van der Waals surface area contributed by atoms with E-state index in [9.17, 15) is 9.59 Å². The molecule has 6 heteroatoms. The van der Waals surface area contributed by atoms with Crippen LogP contribution in [0.15, 0.2) is 5.38 Å². The molecule has 0 saturated carbocycles. The zero-order valence-corrected chi connectivity index (χ0v) is 12.5. The second-order valence-electron chi connectivity index (χ2n) is 4.79. The fourth-order valence-electron chi connectivity index (χ4n) is 1.45. The van der Waals surface area contributed by atoms with Crippen LogP contribution in [0.4, 0.5) is 5.13 Å². The molecule has 0 radical (unpaired) electrons. The Morgan fingerprint density at radius 1 is 1.42 bits per heavy atom. The van der Waals surface area contributed by atoms with Gasteiger partial charge in [-0.3, -0.25) is 9.59 Å². The van der Waals surface area contributed by atoms with Gasteiger partial charge in [0.25, 0.3) is 5.91 Å². The van der Waals surface area contributed by atoms with Gasteiger partial charge in [-0.1, -0.05) is 27.2 Å². The highest BCUT2D eigenvalue weighted by Gasteiger charge is 2.12. The summed E-state index contributed by atoms with van der Waals surface area (Å²) in [6.07, 6.45) is 2.44. The number of aromatic nitrogens is 1. The third-order valence-corrected chi connectivity index (χ3v) is 3.15. The molecule has 1 aromatic rings. The first-order valence-electron chi connectivity index (χ1n) is 6.56. The fourth-order valence-corrected chi connectivity index (χ4v) is 2.15. The topological polar surface area (TPSA) is 71.1 Å². The van der Waals surface area contributed by atoms with Crippen molar-refractivity contribution in [3.05, 3.63) is 11.1 Å². The van der Waals surface area contributed by atoms with Crippen molar-refractivity contribution in [3.8, 4) is 0 Å². The predicted octanol–water partition coefficient (Wildman–Crippen LogP) is 2.66. The number of thiazole rings is 1. The number of unbranched alkanes of at least 4 members (excludes halogenated alkanes) is 1. The van der Waals surface area contributed by atoms with Gasteiger partial charge in [0.2, 0.25) is 5.91 Å². The van der Waals surface area contributed by atoms with E-state index in [4.69, 9.17) is 0 Å². The van der Waals surface area contributed by atoms with Crippen molar-refractivity contribution in [2.45, 2.75) is 40.0 Å². The molecule has 1 heterocycles. The minimum absolute atomic E-state index is 0.0673. The molecule has 0 aliphatic rings. The van der Waals surface area contributed by atoms with Crippen molar-refractivity contribution in [1.29, 1.82) is 0 Å². The van der Waals surface area contributed by atoms with Gasteiger partial charge in [0, 0.05) is 18.3 Å². The molecule has 0 bridgehead atoms. The molecule has 0 spiro atoms. The molecule has 0 fully saturated rings. The summed E-state index contributed by atoms with van der Waals surface area (Å²) < 4.78 is 0. The smallest absolute Gasteiger partial charge is 0.270 e. The van der Waals surface area contributed by atoms with Gasteiger partial charge in [-0.25, -0.2) is 4.98 Å². The zero-order chi connectivity index (χ0) is 14.3. The Kier molecular flexibility index (Phi) is 6.49. The second-order valence-corrected chi connectivity index (χ2v) is 5.65. The summed E-state index contributed by atoms with van der Waals surface area (Å²) in [6.45, 7) is 6.68. The van der Waals surface area contributed by atoms with Crippen molar-refractivity contribution in [3.63, 3.8) is 0 Å². The summed E-state index contributed by atoms with van der Waals surface area (Å²) in [6, 6.07) is 0. The molecule has 1 aromatic heterocycles. The Morgan fingerprint density at radius 3 is 2.79 bits per heavy atom. The van der Waals surface area contributed by atoms with Crippen molar-refractivity contribution >= 4 is 28.3 Å². The number of carbonyl (C=O) groups excluding carboxylic acids is 2. The lowest BCUT2D eigenvalue weighted by Crippen LogP contribution is -2.24. The summed E-state index contributed by atoms with van der Waals surface area (Å²) in [4.78, 5) is 27.4. The number of rotatable bonds is 7. The van der Waals surface area contributed by atoms with E-state index in [0.29, 0.717) is 29.7 Å². The van der Waals surface area contributed by atoms with Gasteiger partial charge in [-0.05, 0) is 12.3 Å². The molecule has 0 aromatic carbocycles. The van der Waals surface area contributed by atoms with Gasteiger partial charge in [0.05, 0.1) is 0 Å². The van der Waals surface area contributed by atoms with E-state index in [2.05, 4.69) is 22.5 Å². The maximum absolute atomic E-state index is 11.7. The maximum Gasteiger partial charge on any atom is 0.270 e. The average Bonchev–Trinajstić information content (AvgIpc) is 2.76. The summed E-state index contributed by atoms with van der Waals surface area (Å²) in [7, 11) is 0. The lowest BCUT2D eigenvalue weighted by molar-refractivity contribution is -0.116. The lowest BCUT2D eigenvalue weighted by atomic mass is 10.1. The molecule has 19 heavy (non-hydrogen) atoms.